The molecule has 32 heavy (non-hydrogen) atoms. The van der Waals surface area contributed by atoms with Crippen molar-refractivity contribution < 1.29 is 26.7 Å². The Hall–Kier alpha value is -2.72. The first-order chi connectivity index (χ1) is 15.3. The largest absolute Gasteiger partial charge is 0.497 e. The normalized spacial score (nSPS) is 15.1. The second-order valence-electron chi connectivity index (χ2n) is 7.40. The maximum Gasteiger partial charge on any atom is 0.187 e. The van der Waals surface area contributed by atoms with Gasteiger partial charge in [0.1, 0.15) is 28.0 Å². The molecule has 4 rings (SSSR count). The molecule has 170 valence electrons. The van der Waals surface area contributed by atoms with Gasteiger partial charge in [0, 0.05) is 30.1 Å². The standard InChI is InChI=1S/C22H22F2N2O4S2/c1-29-15-10-14(11-16(12-15)30-2)20-13-31-22(25-20)26-8-6-17(7-9-26)32(27,28)21-18(23)4-3-5-19(21)24/h3-5,10-13,17H,6-9H2,1-2H3. The van der Waals surface area contributed by atoms with Crippen LogP contribution >= 0.6 is 11.3 Å². The Morgan fingerprint density at radius 3 is 2.19 bits per heavy atom. The van der Waals surface area contributed by atoms with Crippen molar-refractivity contribution in [3.8, 4) is 22.8 Å². The van der Waals surface area contributed by atoms with Crippen molar-refractivity contribution in [3.63, 3.8) is 0 Å². The minimum Gasteiger partial charge on any atom is -0.497 e. The lowest BCUT2D eigenvalue weighted by atomic mass is 10.1. The number of aromatic nitrogens is 1. The van der Waals surface area contributed by atoms with Gasteiger partial charge in [-0.25, -0.2) is 22.2 Å². The van der Waals surface area contributed by atoms with E-state index in [2.05, 4.69) is 0 Å². The summed E-state index contributed by atoms with van der Waals surface area (Å²) in [7, 11) is -0.944. The molecule has 0 unspecified atom stereocenters. The predicted octanol–water partition coefficient (Wildman–Crippen LogP) is 4.55. The molecule has 1 aliphatic heterocycles. The Bertz CT molecular complexity index is 1180. The number of hydrogen-bond acceptors (Lipinski definition) is 7. The minimum absolute atomic E-state index is 0.262. The van der Waals surface area contributed by atoms with Crippen LogP contribution in [0.3, 0.4) is 0 Å². The van der Waals surface area contributed by atoms with Gasteiger partial charge in [0.25, 0.3) is 0 Å². The molecule has 1 aromatic heterocycles. The van der Waals surface area contributed by atoms with Crippen molar-refractivity contribution in [2.24, 2.45) is 0 Å². The lowest BCUT2D eigenvalue weighted by Gasteiger charge is -2.31. The van der Waals surface area contributed by atoms with Crippen molar-refractivity contribution in [2.75, 3.05) is 32.2 Å². The highest BCUT2D eigenvalue weighted by molar-refractivity contribution is 7.92. The molecule has 1 aliphatic rings. The summed E-state index contributed by atoms with van der Waals surface area (Å²) in [5.41, 5.74) is 1.60. The van der Waals surface area contributed by atoms with Crippen molar-refractivity contribution in [2.45, 2.75) is 23.0 Å². The maximum atomic E-state index is 14.1. The highest BCUT2D eigenvalue weighted by Crippen LogP contribution is 2.35. The van der Waals surface area contributed by atoms with E-state index in [1.807, 2.05) is 22.4 Å². The topological polar surface area (TPSA) is 68.7 Å². The van der Waals surface area contributed by atoms with E-state index in [0.717, 1.165) is 34.6 Å². The fourth-order valence-corrected chi connectivity index (χ4v) is 6.51. The van der Waals surface area contributed by atoms with Crippen LogP contribution in [0.25, 0.3) is 11.3 Å². The highest BCUT2D eigenvalue weighted by atomic mass is 32.2. The van der Waals surface area contributed by atoms with Crippen LogP contribution in [0, 0.1) is 11.6 Å². The average molecular weight is 481 g/mol. The maximum absolute atomic E-state index is 14.1. The third-order valence-corrected chi connectivity index (χ3v) is 8.70. The molecule has 0 spiro atoms. The monoisotopic (exact) mass is 480 g/mol. The fraction of sp³-hybridized carbons (Fsp3) is 0.318. The van der Waals surface area contributed by atoms with Crippen molar-refractivity contribution in [1.29, 1.82) is 0 Å². The molecule has 1 saturated heterocycles. The van der Waals surface area contributed by atoms with Crippen LogP contribution in [-0.4, -0.2) is 46.0 Å². The molecule has 0 aliphatic carbocycles. The van der Waals surface area contributed by atoms with Gasteiger partial charge in [0.2, 0.25) is 0 Å². The van der Waals surface area contributed by atoms with Crippen LogP contribution in [0.5, 0.6) is 11.5 Å². The van der Waals surface area contributed by atoms with Crippen LogP contribution in [0.1, 0.15) is 12.8 Å². The zero-order valence-electron chi connectivity index (χ0n) is 17.5. The van der Waals surface area contributed by atoms with E-state index in [-0.39, 0.29) is 12.8 Å². The number of sulfone groups is 1. The van der Waals surface area contributed by atoms with E-state index in [4.69, 9.17) is 14.5 Å². The van der Waals surface area contributed by atoms with Crippen LogP contribution in [0.15, 0.2) is 46.7 Å². The number of piperidine rings is 1. The summed E-state index contributed by atoms with van der Waals surface area (Å²) in [6.45, 7) is 0.850. The first-order valence-corrected chi connectivity index (χ1v) is 12.4. The number of rotatable bonds is 6. The molecule has 0 N–H and O–H groups in total. The molecular formula is C22H22F2N2O4S2. The van der Waals surface area contributed by atoms with Crippen molar-refractivity contribution in [1.82, 2.24) is 4.98 Å². The summed E-state index contributed by atoms with van der Waals surface area (Å²) >= 11 is 1.45. The molecule has 6 nitrogen and oxygen atoms in total. The number of benzene rings is 2. The van der Waals surface area contributed by atoms with Crippen LogP contribution < -0.4 is 14.4 Å². The zero-order valence-corrected chi connectivity index (χ0v) is 19.2. The lowest BCUT2D eigenvalue weighted by Crippen LogP contribution is -2.39. The first-order valence-electron chi connectivity index (χ1n) is 9.95. The second kappa shape index (κ2) is 9.03. The molecule has 0 bridgehead atoms. The van der Waals surface area contributed by atoms with Crippen LogP contribution in [0.4, 0.5) is 13.9 Å². The van der Waals surface area contributed by atoms with E-state index < -0.39 is 31.6 Å². The Morgan fingerprint density at radius 1 is 1.03 bits per heavy atom. The summed E-state index contributed by atoms with van der Waals surface area (Å²) in [6.07, 6.45) is 0.524. The molecule has 10 heteroatoms. The number of hydrogen-bond donors (Lipinski definition) is 0. The predicted molar refractivity (Wildman–Crippen MR) is 119 cm³/mol. The molecule has 1 fully saturated rings. The summed E-state index contributed by atoms with van der Waals surface area (Å²) in [4.78, 5) is 5.86. The molecular weight excluding hydrogens is 458 g/mol. The summed E-state index contributed by atoms with van der Waals surface area (Å²) in [5.74, 6) is -0.794. The van der Waals surface area contributed by atoms with Gasteiger partial charge in [-0.1, -0.05) is 6.07 Å². The molecule has 0 saturated carbocycles. The van der Waals surface area contributed by atoms with Gasteiger partial charge in [0.15, 0.2) is 15.0 Å². The third-order valence-electron chi connectivity index (χ3n) is 5.49. The number of halogens is 2. The molecule has 0 radical (unpaired) electrons. The SMILES string of the molecule is COc1cc(OC)cc(-c2csc(N3CCC(S(=O)(=O)c4c(F)cccc4F)CC3)n2)c1. The van der Waals surface area contributed by atoms with Crippen LogP contribution in [-0.2, 0) is 9.84 Å². The molecule has 2 heterocycles. The fourth-order valence-electron chi connectivity index (χ4n) is 3.78. The average Bonchev–Trinajstić information content (AvgIpc) is 3.29. The Balaban J connectivity index is 1.50. The Labute approximate surface area is 189 Å². The number of nitrogens with zero attached hydrogens (tertiary/aromatic N) is 2. The van der Waals surface area contributed by atoms with E-state index >= 15 is 0 Å². The van der Waals surface area contributed by atoms with Gasteiger partial charge in [0.05, 0.1) is 25.2 Å². The molecule has 2 aromatic carbocycles. The van der Waals surface area contributed by atoms with E-state index in [1.165, 1.54) is 11.3 Å². The van der Waals surface area contributed by atoms with E-state index in [0.29, 0.717) is 24.6 Å². The van der Waals surface area contributed by atoms with Crippen molar-refractivity contribution >= 4 is 26.3 Å². The summed E-state index contributed by atoms with van der Waals surface area (Å²) < 4.78 is 64.4. The van der Waals surface area contributed by atoms with Gasteiger partial charge in [-0.2, -0.15) is 0 Å². The quantitative estimate of drug-likeness (QED) is 0.516. The van der Waals surface area contributed by atoms with E-state index in [9.17, 15) is 17.2 Å². The Kier molecular flexibility index (Phi) is 6.34. The van der Waals surface area contributed by atoms with Gasteiger partial charge in [-0.05, 0) is 37.1 Å². The molecule has 0 atom stereocenters. The minimum atomic E-state index is -4.10. The molecule has 3 aromatic rings. The van der Waals surface area contributed by atoms with E-state index in [1.54, 1.807) is 20.3 Å². The van der Waals surface area contributed by atoms with Gasteiger partial charge in [-0.3, -0.25) is 0 Å². The summed E-state index contributed by atoms with van der Waals surface area (Å²) in [5, 5.41) is 1.84. The number of ether oxygens (including phenoxy) is 2. The molecule has 0 amide bonds. The number of anilines is 1. The first kappa shape index (κ1) is 22.5. The lowest BCUT2D eigenvalue weighted by molar-refractivity contribution is 0.394. The van der Waals surface area contributed by atoms with Gasteiger partial charge in [-0.15, -0.1) is 11.3 Å². The zero-order chi connectivity index (χ0) is 22.9. The van der Waals surface area contributed by atoms with Crippen LogP contribution in [0.2, 0.25) is 0 Å². The number of thiazole rings is 1. The third kappa shape index (κ3) is 4.29. The smallest absolute Gasteiger partial charge is 0.187 e. The van der Waals surface area contributed by atoms with Crippen molar-refractivity contribution in [3.05, 3.63) is 53.4 Å². The Morgan fingerprint density at radius 2 is 1.62 bits per heavy atom. The highest BCUT2D eigenvalue weighted by Gasteiger charge is 2.35. The second-order valence-corrected chi connectivity index (χ2v) is 10.4. The summed E-state index contributed by atoms with van der Waals surface area (Å²) in [6, 6.07) is 8.60. The number of methoxy groups -OCH3 is 2. The van der Waals surface area contributed by atoms with Gasteiger partial charge < -0.3 is 14.4 Å². The van der Waals surface area contributed by atoms with Gasteiger partial charge >= 0.3 is 0 Å².